The van der Waals surface area contributed by atoms with Crippen LogP contribution in [0.1, 0.15) is 44.9 Å². The molecule has 3 aliphatic rings. The fraction of sp³-hybridized carbons (Fsp3) is 0.938. The highest BCUT2D eigenvalue weighted by molar-refractivity contribution is 5.85. The van der Waals surface area contributed by atoms with Crippen molar-refractivity contribution in [2.45, 2.75) is 56.5 Å². The van der Waals surface area contributed by atoms with Crippen LogP contribution < -0.4 is 11.1 Å². The van der Waals surface area contributed by atoms with E-state index in [1.165, 1.54) is 12.8 Å². The molecule has 0 radical (unpaired) electrons. The molecule has 0 aromatic carbocycles. The summed E-state index contributed by atoms with van der Waals surface area (Å²) in [6, 6.07) is 0.509. The number of primary amides is 1. The fourth-order valence-corrected chi connectivity index (χ4v) is 3.84. The number of hydrogen-bond acceptors (Lipinski definition) is 4. The Hall–Kier alpha value is -0.650. The summed E-state index contributed by atoms with van der Waals surface area (Å²) in [5.41, 5.74) is 5.27. The standard InChI is InChI=1S/C16H28N2O3/c17-15(19)16(18-14-3-4-14)7-1-2-13(16)6-9-21-11-12-5-8-20-10-12/h12-14,18H,1-11H2,(H2,17,19). The Bertz CT molecular complexity index is 367. The maximum atomic E-state index is 12.0. The molecule has 1 amide bonds. The van der Waals surface area contributed by atoms with E-state index in [2.05, 4.69) is 5.32 Å². The van der Waals surface area contributed by atoms with Crippen molar-refractivity contribution in [2.24, 2.45) is 17.6 Å². The van der Waals surface area contributed by atoms with Gasteiger partial charge in [0.05, 0.1) is 13.2 Å². The number of nitrogens with one attached hydrogen (secondary N) is 1. The van der Waals surface area contributed by atoms with Gasteiger partial charge in [-0.25, -0.2) is 0 Å². The molecule has 5 heteroatoms. The van der Waals surface area contributed by atoms with Crippen LogP contribution in [0.2, 0.25) is 0 Å². The molecular weight excluding hydrogens is 268 g/mol. The molecule has 2 aliphatic carbocycles. The van der Waals surface area contributed by atoms with E-state index in [-0.39, 0.29) is 5.91 Å². The minimum atomic E-state index is -0.471. The van der Waals surface area contributed by atoms with Crippen LogP contribution in [-0.2, 0) is 14.3 Å². The lowest BCUT2D eigenvalue weighted by Gasteiger charge is -2.34. The minimum Gasteiger partial charge on any atom is -0.381 e. The molecule has 1 aliphatic heterocycles. The van der Waals surface area contributed by atoms with Gasteiger partial charge in [-0.05, 0) is 44.4 Å². The van der Waals surface area contributed by atoms with Crippen molar-refractivity contribution >= 4 is 5.91 Å². The van der Waals surface area contributed by atoms with Gasteiger partial charge in [0.2, 0.25) is 5.91 Å². The van der Waals surface area contributed by atoms with Crippen LogP contribution in [0.4, 0.5) is 0 Å². The Morgan fingerprint density at radius 2 is 2.19 bits per heavy atom. The molecule has 3 N–H and O–H groups in total. The van der Waals surface area contributed by atoms with Gasteiger partial charge in [0, 0.05) is 25.2 Å². The molecule has 0 aromatic heterocycles. The van der Waals surface area contributed by atoms with Gasteiger partial charge < -0.3 is 20.5 Å². The molecule has 5 nitrogen and oxygen atoms in total. The van der Waals surface area contributed by atoms with Crippen molar-refractivity contribution in [3.8, 4) is 0 Å². The van der Waals surface area contributed by atoms with Crippen molar-refractivity contribution in [1.29, 1.82) is 0 Å². The van der Waals surface area contributed by atoms with Gasteiger partial charge in [0.1, 0.15) is 5.54 Å². The van der Waals surface area contributed by atoms with Gasteiger partial charge in [-0.1, -0.05) is 6.42 Å². The molecule has 1 saturated heterocycles. The second-order valence-electron chi connectivity index (χ2n) is 6.94. The molecule has 0 spiro atoms. The van der Waals surface area contributed by atoms with Gasteiger partial charge in [-0.15, -0.1) is 0 Å². The SMILES string of the molecule is NC(=O)C1(NC2CC2)CCCC1CCOCC1CCOC1. The Balaban J connectivity index is 1.46. The number of hydrogen-bond donors (Lipinski definition) is 2. The lowest BCUT2D eigenvalue weighted by atomic mass is 9.84. The molecule has 3 fully saturated rings. The lowest BCUT2D eigenvalue weighted by molar-refractivity contribution is -0.126. The van der Waals surface area contributed by atoms with Gasteiger partial charge in [0.15, 0.2) is 0 Å². The van der Waals surface area contributed by atoms with E-state index in [0.717, 1.165) is 58.5 Å². The Kier molecular flexibility index (Phi) is 4.82. The van der Waals surface area contributed by atoms with Crippen LogP contribution in [0.5, 0.6) is 0 Å². The third kappa shape index (κ3) is 3.58. The van der Waals surface area contributed by atoms with Gasteiger partial charge in [-0.2, -0.15) is 0 Å². The van der Waals surface area contributed by atoms with Crippen LogP contribution in [0, 0.1) is 11.8 Å². The summed E-state index contributed by atoms with van der Waals surface area (Å²) in [6.07, 6.45) is 7.45. The van der Waals surface area contributed by atoms with Crippen LogP contribution >= 0.6 is 0 Å². The molecule has 3 rings (SSSR count). The predicted molar refractivity (Wildman–Crippen MR) is 79.8 cm³/mol. The average molecular weight is 296 g/mol. The zero-order valence-electron chi connectivity index (χ0n) is 12.8. The van der Waals surface area contributed by atoms with E-state index in [1.54, 1.807) is 0 Å². The third-order valence-electron chi connectivity index (χ3n) is 5.29. The monoisotopic (exact) mass is 296 g/mol. The third-order valence-corrected chi connectivity index (χ3v) is 5.29. The summed E-state index contributed by atoms with van der Waals surface area (Å²) in [5.74, 6) is 0.718. The Labute approximate surface area is 126 Å². The molecule has 21 heavy (non-hydrogen) atoms. The van der Waals surface area contributed by atoms with Crippen molar-refractivity contribution in [2.75, 3.05) is 26.4 Å². The van der Waals surface area contributed by atoms with Crippen molar-refractivity contribution in [1.82, 2.24) is 5.32 Å². The first kappa shape index (κ1) is 15.3. The van der Waals surface area contributed by atoms with Crippen LogP contribution in [0.15, 0.2) is 0 Å². The van der Waals surface area contributed by atoms with E-state index in [9.17, 15) is 4.79 Å². The van der Waals surface area contributed by atoms with Crippen LogP contribution in [0.3, 0.4) is 0 Å². The van der Waals surface area contributed by atoms with Crippen molar-refractivity contribution in [3.05, 3.63) is 0 Å². The van der Waals surface area contributed by atoms with E-state index in [0.29, 0.717) is 17.9 Å². The topological polar surface area (TPSA) is 73.6 Å². The number of carbonyl (C=O) groups excluding carboxylic acids is 1. The zero-order valence-corrected chi connectivity index (χ0v) is 12.8. The van der Waals surface area contributed by atoms with Crippen LogP contribution in [-0.4, -0.2) is 43.9 Å². The van der Waals surface area contributed by atoms with Crippen molar-refractivity contribution < 1.29 is 14.3 Å². The molecule has 1 heterocycles. The first-order valence-electron chi connectivity index (χ1n) is 8.44. The zero-order chi connectivity index (χ0) is 14.7. The highest BCUT2D eigenvalue weighted by Crippen LogP contribution is 2.40. The largest absolute Gasteiger partial charge is 0.381 e. The highest BCUT2D eigenvalue weighted by Gasteiger charge is 2.49. The quantitative estimate of drug-likeness (QED) is 0.660. The normalized spacial score (nSPS) is 36.2. The molecule has 3 atom stereocenters. The number of ether oxygens (including phenoxy) is 2. The number of nitrogens with two attached hydrogens (primary N) is 1. The first-order valence-corrected chi connectivity index (χ1v) is 8.44. The van der Waals surface area contributed by atoms with Crippen molar-refractivity contribution in [3.63, 3.8) is 0 Å². The summed E-state index contributed by atoms with van der Waals surface area (Å²) >= 11 is 0. The minimum absolute atomic E-state index is 0.166. The predicted octanol–water partition coefficient (Wildman–Crippen LogP) is 1.21. The van der Waals surface area contributed by atoms with E-state index in [4.69, 9.17) is 15.2 Å². The second kappa shape index (κ2) is 6.63. The molecule has 3 unspecified atom stereocenters. The van der Waals surface area contributed by atoms with E-state index < -0.39 is 5.54 Å². The molecule has 0 bridgehead atoms. The first-order chi connectivity index (χ1) is 10.2. The summed E-state index contributed by atoms with van der Waals surface area (Å²) in [7, 11) is 0. The van der Waals surface area contributed by atoms with E-state index >= 15 is 0 Å². The summed E-state index contributed by atoms with van der Waals surface area (Å²) < 4.78 is 11.2. The lowest BCUT2D eigenvalue weighted by Crippen LogP contribution is -2.58. The molecule has 120 valence electrons. The fourth-order valence-electron chi connectivity index (χ4n) is 3.84. The number of amides is 1. The molecular formula is C16H28N2O3. The van der Waals surface area contributed by atoms with Crippen LogP contribution in [0.25, 0.3) is 0 Å². The smallest absolute Gasteiger partial charge is 0.238 e. The average Bonchev–Trinajstić information content (AvgIpc) is 2.97. The maximum Gasteiger partial charge on any atom is 0.238 e. The maximum absolute atomic E-state index is 12.0. The molecule has 0 aromatic rings. The summed E-state index contributed by atoms with van der Waals surface area (Å²) in [5, 5.41) is 3.55. The van der Waals surface area contributed by atoms with E-state index in [1.807, 2.05) is 0 Å². The highest BCUT2D eigenvalue weighted by atomic mass is 16.5. The Morgan fingerprint density at radius 3 is 2.86 bits per heavy atom. The summed E-state index contributed by atoms with van der Waals surface area (Å²) in [4.78, 5) is 12.0. The number of carbonyl (C=O) groups is 1. The van der Waals surface area contributed by atoms with Gasteiger partial charge in [0.25, 0.3) is 0 Å². The summed E-state index contributed by atoms with van der Waals surface area (Å²) in [6.45, 7) is 3.21. The second-order valence-corrected chi connectivity index (χ2v) is 6.94. The molecule has 2 saturated carbocycles. The number of rotatable bonds is 8. The Morgan fingerprint density at radius 1 is 1.33 bits per heavy atom. The van der Waals surface area contributed by atoms with Gasteiger partial charge >= 0.3 is 0 Å². The van der Waals surface area contributed by atoms with Gasteiger partial charge in [-0.3, -0.25) is 4.79 Å².